The summed E-state index contributed by atoms with van der Waals surface area (Å²) in [6, 6.07) is 0.626. The Morgan fingerprint density at radius 1 is 1.20 bits per heavy atom. The summed E-state index contributed by atoms with van der Waals surface area (Å²) in [5.41, 5.74) is 0.311. The molecule has 1 heterocycles. The Morgan fingerprint density at radius 2 is 1.80 bits per heavy atom. The summed E-state index contributed by atoms with van der Waals surface area (Å²) in [5, 5.41) is 3.50. The molecule has 0 spiro atoms. The van der Waals surface area contributed by atoms with Gasteiger partial charge in [-0.1, -0.05) is 19.8 Å². The molecule has 1 saturated heterocycles. The van der Waals surface area contributed by atoms with Gasteiger partial charge in [0.1, 0.15) is 0 Å². The number of hydrogen-bond donors (Lipinski definition) is 1. The molecular formula is C13H28N2. The molecule has 0 bridgehead atoms. The van der Waals surface area contributed by atoms with E-state index in [-0.39, 0.29) is 0 Å². The summed E-state index contributed by atoms with van der Waals surface area (Å²) in [5.74, 6) is 0. The zero-order chi connectivity index (χ0) is 11.3. The third kappa shape index (κ3) is 3.18. The fraction of sp³-hybridized carbons (Fsp3) is 1.00. The molecule has 2 nitrogen and oxygen atoms in total. The third-order valence-electron chi connectivity index (χ3n) is 3.95. The Balaban J connectivity index is 2.60. The Morgan fingerprint density at radius 3 is 2.27 bits per heavy atom. The number of hydrogen-bond acceptors (Lipinski definition) is 2. The normalized spacial score (nSPS) is 21.6. The van der Waals surface area contributed by atoms with E-state index in [1.807, 2.05) is 0 Å². The van der Waals surface area contributed by atoms with Crippen LogP contribution in [0.1, 0.15) is 52.9 Å². The number of likely N-dealkylation sites (N-methyl/N-ethyl adjacent to an activating group) is 1. The Hall–Kier alpha value is -0.0800. The molecule has 0 aromatic rings. The van der Waals surface area contributed by atoms with Gasteiger partial charge in [-0.2, -0.15) is 0 Å². The van der Waals surface area contributed by atoms with E-state index < -0.39 is 0 Å². The van der Waals surface area contributed by atoms with Crippen LogP contribution in [-0.2, 0) is 0 Å². The predicted molar refractivity (Wildman–Crippen MR) is 67.3 cm³/mol. The van der Waals surface area contributed by atoms with Gasteiger partial charge in [0, 0.05) is 11.6 Å². The van der Waals surface area contributed by atoms with Crippen molar-refractivity contribution in [1.82, 2.24) is 10.2 Å². The van der Waals surface area contributed by atoms with Crippen LogP contribution < -0.4 is 5.32 Å². The number of nitrogens with zero attached hydrogens (tertiary/aromatic N) is 1. The molecule has 1 rings (SSSR count). The first-order valence-electron chi connectivity index (χ1n) is 6.55. The highest BCUT2D eigenvalue weighted by Gasteiger charge is 2.34. The molecule has 0 amide bonds. The monoisotopic (exact) mass is 212 g/mol. The molecule has 90 valence electrons. The van der Waals surface area contributed by atoms with Crippen molar-refractivity contribution < 1.29 is 0 Å². The lowest BCUT2D eigenvalue weighted by Crippen LogP contribution is -2.58. The van der Waals surface area contributed by atoms with Crippen LogP contribution in [0.3, 0.4) is 0 Å². The summed E-state index contributed by atoms with van der Waals surface area (Å²) in [4.78, 5) is 2.67. The molecule has 0 saturated carbocycles. The molecule has 1 unspecified atom stereocenters. The van der Waals surface area contributed by atoms with Crippen molar-refractivity contribution >= 4 is 0 Å². The quantitative estimate of drug-likeness (QED) is 0.753. The van der Waals surface area contributed by atoms with E-state index in [0.717, 1.165) is 0 Å². The molecule has 0 aromatic carbocycles. The van der Waals surface area contributed by atoms with Crippen LogP contribution in [0.15, 0.2) is 0 Å². The summed E-state index contributed by atoms with van der Waals surface area (Å²) in [6.45, 7) is 9.64. The van der Waals surface area contributed by atoms with Crippen LogP contribution in [0.4, 0.5) is 0 Å². The molecule has 1 fully saturated rings. The van der Waals surface area contributed by atoms with Crippen molar-refractivity contribution in [1.29, 1.82) is 0 Å². The second-order valence-corrected chi connectivity index (χ2v) is 5.33. The highest BCUT2D eigenvalue weighted by Crippen LogP contribution is 2.25. The van der Waals surface area contributed by atoms with Crippen molar-refractivity contribution in [3.05, 3.63) is 0 Å². The van der Waals surface area contributed by atoms with Crippen LogP contribution in [0.5, 0.6) is 0 Å². The minimum absolute atomic E-state index is 0.311. The van der Waals surface area contributed by atoms with Gasteiger partial charge in [-0.05, 0) is 53.2 Å². The molecule has 0 aromatic heterocycles. The van der Waals surface area contributed by atoms with E-state index in [1.165, 1.54) is 45.2 Å². The summed E-state index contributed by atoms with van der Waals surface area (Å²) in [6.07, 6.45) is 6.73. The number of likely N-dealkylation sites (tertiary alicyclic amines) is 1. The molecular weight excluding hydrogens is 184 g/mol. The number of piperidine rings is 1. The van der Waals surface area contributed by atoms with Gasteiger partial charge >= 0.3 is 0 Å². The van der Waals surface area contributed by atoms with Crippen molar-refractivity contribution in [3.8, 4) is 0 Å². The zero-order valence-corrected chi connectivity index (χ0v) is 11.0. The molecule has 15 heavy (non-hydrogen) atoms. The lowest BCUT2D eigenvalue weighted by Gasteiger charge is -2.46. The lowest BCUT2D eigenvalue weighted by atomic mass is 9.87. The first-order valence-corrected chi connectivity index (χ1v) is 6.55. The largest absolute Gasteiger partial charge is 0.315 e. The Kier molecular flexibility index (Phi) is 5.07. The van der Waals surface area contributed by atoms with E-state index in [9.17, 15) is 0 Å². The molecule has 1 atom stereocenters. The maximum absolute atomic E-state index is 3.50. The fourth-order valence-electron chi connectivity index (χ4n) is 2.83. The smallest absolute Gasteiger partial charge is 0.0306 e. The fourth-order valence-corrected chi connectivity index (χ4v) is 2.83. The minimum Gasteiger partial charge on any atom is -0.315 e. The van der Waals surface area contributed by atoms with Crippen LogP contribution in [0.2, 0.25) is 0 Å². The molecule has 2 heteroatoms. The summed E-state index contributed by atoms with van der Waals surface area (Å²) in [7, 11) is 2.10. The van der Waals surface area contributed by atoms with E-state index >= 15 is 0 Å². The number of nitrogens with one attached hydrogen (secondary N) is 1. The first kappa shape index (κ1) is 13.0. The van der Waals surface area contributed by atoms with Crippen molar-refractivity contribution in [2.75, 3.05) is 20.1 Å². The van der Waals surface area contributed by atoms with Gasteiger partial charge in [0.05, 0.1) is 0 Å². The van der Waals surface area contributed by atoms with Gasteiger partial charge in [-0.25, -0.2) is 0 Å². The van der Waals surface area contributed by atoms with E-state index in [2.05, 4.69) is 38.0 Å². The van der Waals surface area contributed by atoms with Gasteiger partial charge in [-0.15, -0.1) is 0 Å². The predicted octanol–water partition coefficient (Wildman–Crippen LogP) is 2.64. The van der Waals surface area contributed by atoms with Crippen LogP contribution in [-0.4, -0.2) is 36.6 Å². The summed E-state index contributed by atoms with van der Waals surface area (Å²) < 4.78 is 0. The standard InChI is InChI=1S/C13H28N2/c1-5-9-12(14-4)13(2,3)15-10-7-6-8-11-15/h12,14H,5-11H2,1-4H3. The lowest BCUT2D eigenvalue weighted by molar-refractivity contribution is 0.0605. The van der Waals surface area contributed by atoms with E-state index in [0.29, 0.717) is 11.6 Å². The molecule has 0 aliphatic carbocycles. The van der Waals surface area contributed by atoms with Crippen molar-refractivity contribution in [2.45, 2.75) is 64.5 Å². The van der Waals surface area contributed by atoms with Gasteiger partial charge in [0.15, 0.2) is 0 Å². The zero-order valence-electron chi connectivity index (χ0n) is 11.0. The highest BCUT2D eigenvalue weighted by atomic mass is 15.2. The first-order chi connectivity index (χ1) is 7.12. The van der Waals surface area contributed by atoms with Crippen LogP contribution >= 0.6 is 0 Å². The van der Waals surface area contributed by atoms with E-state index in [4.69, 9.17) is 0 Å². The minimum atomic E-state index is 0.311. The summed E-state index contributed by atoms with van der Waals surface area (Å²) >= 11 is 0. The highest BCUT2D eigenvalue weighted by molar-refractivity contribution is 4.93. The van der Waals surface area contributed by atoms with Gasteiger partial charge in [0.2, 0.25) is 0 Å². The van der Waals surface area contributed by atoms with Crippen LogP contribution in [0.25, 0.3) is 0 Å². The maximum atomic E-state index is 3.50. The molecule has 1 N–H and O–H groups in total. The van der Waals surface area contributed by atoms with Crippen molar-refractivity contribution in [2.24, 2.45) is 0 Å². The molecule has 1 aliphatic rings. The Bertz CT molecular complexity index is 165. The van der Waals surface area contributed by atoms with Crippen molar-refractivity contribution in [3.63, 3.8) is 0 Å². The number of rotatable bonds is 5. The topological polar surface area (TPSA) is 15.3 Å². The van der Waals surface area contributed by atoms with Gasteiger partial charge in [0.25, 0.3) is 0 Å². The maximum Gasteiger partial charge on any atom is 0.0306 e. The SMILES string of the molecule is CCCC(NC)C(C)(C)N1CCCCC1. The second-order valence-electron chi connectivity index (χ2n) is 5.33. The van der Waals surface area contributed by atoms with Gasteiger partial charge < -0.3 is 5.32 Å². The van der Waals surface area contributed by atoms with E-state index in [1.54, 1.807) is 0 Å². The average Bonchev–Trinajstić information content (AvgIpc) is 2.27. The Labute approximate surface area is 95.4 Å². The average molecular weight is 212 g/mol. The third-order valence-corrected chi connectivity index (χ3v) is 3.95. The molecule has 1 aliphatic heterocycles. The van der Waals surface area contributed by atoms with Gasteiger partial charge in [-0.3, -0.25) is 4.90 Å². The van der Waals surface area contributed by atoms with Crippen LogP contribution in [0, 0.1) is 0 Å². The second kappa shape index (κ2) is 5.86. The molecule has 0 radical (unpaired) electrons.